The molecule has 6 heteroatoms. The van der Waals surface area contributed by atoms with Crippen molar-refractivity contribution in [2.45, 2.75) is 31.7 Å². The summed E-state index contributed by atoms with van der Waals surface area (Å²) in [6, 6.07) is 14.5. The van der Waals surface area contributed by atoms with Gasteiger partial charge in [-0.3, -0.25) is 9.69 Å². The highest BCUT2D eigenvalue weighted by molar-refractivity contribution is 6.33. The van der Waals surface area contributed by atoms with Gasteiger partial charge in [-0.1, -0.05) is 41.9 Å². The largest absolute Gasteiger partial charge is 0.489 e. The summed E-state index contributed by atoms with van der Waals surface area (Å²) in [5.74, 6) is 0.334. The Morgan fingerprint density at radius 2 is 2.00 bits per heavy atom. The number of nitrogens with one attached hydrogen (secondary N) is 1. The lowest BCUT2D eigenvalue weighted by molar-refractivity contribution is 0.0957. The molecule has 0 atom stereocenters. The van der Waals surface area contributed by atoms with E-state index in [-0.39, 0.29) is 5.91 Å². The van der Waals surface area contributed by atoms with Crippen LogP contribution in [0.1, 0.15) is 39.9 Å². The number of carbonyl (C=O) groups excluding carboxylic acids is 1. The number of halogens is 1. The summed E-state index contributed by atoms with van der Waals surface area (Å²) in [6.45, 7) is 5.19. The quantitative estimate of drug-likeness (QED) is 0.836. The first-order valence-corrected chi connectivity index (χ1v) is 10.3. The van der Waals surface area contributed by atoms with Crippen LogP contribution < -0.4 is 10.1 Å². The second kappa shape index (κ2) is 8.06. The number of nitrogens with zero attached hydrogens (tertiary/aromatic N) is 2. The Morgan fingerprint density at radius 1 is 1.28 bits per heavy atom. The molecule has 2 heterocycles. The third-order valence-corrected chi connectivity index (χ3v) is 6.55. The van der Waals surface area contributed by atoms with E-state index in [1.165, 1.54) is 0 Å². The van der Waals surface area contributed by atoms with Crippen LogP contribution in [0.25, 0.3) is 0 Å². The van der Waals surface area contributed by atoms with Gasteiger partial charge in [-0.15, -0.1) is 0 Å². The van der Waals surface area contributed by atoms with E-state index < -0.39 is 5.41 Å². The van der Waals surface area contributed by atoms with Crippen molar-refractivity contribution in [1.29, 1.82) is 5.26 Å². The molecule has 0 saturated carbocycles. The number of benzene rings is 2. The monoisotopic (exact) mass is 409 g/mol. The fourth-order valence-corrected chi connectivity index (χ4v) is 4.50. The second-order valence-electron chi connectivity index (χ2n) is 7.79. The average molecular weight is 410 g/mol. The minimum atomic E-state index is -0.425. The third-order valence-electron chi connectivity index (χ3n) is 6.10. The van der Waals surface area contributed by atoms with Crippen LogP contribution in [0.15, 0.2) is 36.4 Å². The number of piperidine rings is 1. The van der Waals surface area contributed by atoms with Gasteiger partial charge in [0.05, 0.1) is 28.6 Å². The smallest absolute Gasteiger partial charge is 0.255 e. The van der Waals surface area contributed by atoms with Gasteiger partial charge in [0.25, 0.3) is 5.91 Å². The van der Waals surface area contributed by atoms with Crippen LogP contribution in [0.4, 0.5) is 0 Å². The Kier molecular flexibility index (Phi) is 5.49. The summed E-state index contributed by atoms with van der Waals surface area (Å²) in [6.07, 6.45) is 1.57. The molecule has 29 heavy (non-hydrogen) atoms. The molecule has 0 spiro atoms. The Morgan fingerprint density at radius 3 is 2.69 bits per heavy atom. The SMILES string of the molecule is Cc1c(CN2CCC(C#N)(c3ccccc3)CC2)cc2c(c1Cl)OCCNC2=O. The topological polar surface area (TPSA) is 65.4 Å². The molecule has 150 valence electrons. The van der Waals surface area contributed by atoms with Crippen LogP contribution >= 0.6 is 11.6 Å². The molecule has 0 aliphatic carbocycles. The van der Waals surface area contributed by atoms with E-state index in [0.29, 0.717) is 36.0 Å². The van der Waals surface area contributed by atoms with Crippen LogP contribution in [0.2, 0.25) is 5.02 Å². The normalized spacial score (nSPS) is 18.7. The molecule has 2 aliphatic rings. The highest BCUT2D eigenvalue weighted by atomic mass is 35.5. The molecule has 0 unspecified atom stereocenters. The number of hydrogen-bond donors (Lipinski definition) is 1. The van der Waals surface area contributed by atoms with Crippen molar-refractivity contribution in [3.05, 3.63) is 63.7 Å². The van der Waals surface area contributed by atoms with E-state index in [1.54, 1.807) is 0 Å². The van der Waals surface area contributed by atoms with Gasteiger partial charge in [-0.05, 0) is 42.5 Å². The highest BCUT2D eigenvalue weighted by Crippen LogP contribution is 2.38. The average Bonchev–Trinajstić information content (AvgIpc) is 2.94. The van der Waals surface area contributed by atoms with Crippen molar-refractivity contribution in [2.24, 2.45) is 0 Å². The van der Waals surface area contributed by atoms with Crippen molar-refractivity contribution >= 4 is 17.5 Å². The standard InChI is InChI=1S/C23H24ClN3O2/c1-16-17(13-19-21(20(16)24)29-12-9-26-22(19)28)14-27-10-7-23(15-25,8-11-27)18-5-3-2-4-6-18/h2-6,13H,7-12,14H2,1H3,(H,26,28). The fourth-order valence-electron chi connectivity index (χ4n) is 4.22. The van der Waals surface area contributed by atoms with Crippen LogP contribution in [-0.2, 0) is 12.0 Å². The molecule has 1 fully saturated rings. The number of ether oxygens (including phenoxy) is 1. The first-order valence-electron chi connectivity index (χ1n) is 9.96. The number of likely N-dealkylation sites (tertiary alicyclic amines) is 1. The minimum Gasteiger partial charge on any atom is -0.489 e. The van der Waals surface area contributed by atoms with Gasteiger partial charge in [0.2, 0.25) is 0 Å². The summed E-state index contributed by atoms with van der Waals surface area (Å²) in [5.41, 5.74) is 3.14. The fraction of sp³-hybridized carbons (Fsp3) is 0.391. The Hall–Kier alpha value is -2.55. The highest BCUT2D eigenvalue weighted by Gasteiger charge is 2.36. The molecular formula is C23H24ClN3O2. The van der Waals surface area contributed by atoms with Gasteiger partial charge in [0.15, 0.2) is 5.75 Å². The summed E-state index contributed by atoms with van der Waals surface area (Å²) >= 11 is 6.55. The number of carbonyl (C=O) groups is 1. The molecule has 4 rings (SSSR count). The van der Waals surface area contributed by atoms with Gasteiger partial charge < -0.3 is 10.1 Å². The zero-order valence-corrected chi connectivity index (χ0v) is 17.3. The summed E-state index contributed by atoms with van der Waals surface area (Å²) < 4.78 is 5.70. The van der Waals surface area contributed by atoms with Gasteiger partial charge >= 0.3 is 0 Å². The van der Waals surface area contributed by atoms with Gasteiger partial charge in [-0.25, -0.2) is 0 Å². The number of amides is 1. The van der Waals surface area contributed by atoms with E-state index in [2.05, 4.69) is 16.3 Å². The first-order chi connectivity index (χ1) is 14.0. The maximum atomic E-state index is 12.4. The van der Waals surface area contributed by atoms with Crippen molar-refractivity contribution in [1.82, 2.24) is 10.2 Å². The molecule has 0 aromatic heterocycles. The lowest BCUT2D eigenvalue weighted by Crippen LogP contribution is -2.41. The third kappa shape index (κ3) is 3.71. The van der Waals surface area contributed by atoms with Gasteiger partial charge in [0.1, 0.15) is 6.61 Å². The van der Waals surface area contributed by atoms with E-state index in [1.807, 2.05) is 43.3 Å². The predicted molar refractivity (Wildman–Crippen MR) is 112 cm³/mol. The molecule has 2 aliphatic heterocycles. The molecule has 2 aromatic rings. The molecule has 0 radical (unpaired) electrons. The van der Waals surface area contributed by atoms with Crippen molar-refractivity contribution in [2.75, 3.05) is 26.2 Å². The molecule has 1 amide bonds. The predicted octanol–water partition coefficient (Wildman–Crippen LogP) is 3.83. The van der Waals surface area contributed by atoms with Crippen LogP contribution in [-0.4, -0.2) is 37.0 Å². The summed E-state index contributed by atoms with van der Waals surface area (Å²) in [7, 11) is 0. The lowest BCUT2D eigenvalue weighted by Gasteiger charge is -2.38. The second-order valence-corrected chi connectivity index (χ2v) is 8.17. The first kappa shape index (κ1) is 19.8. The molecule has 0 bridgehead atoms. The molecular weight excluding hydrogens is 386 g/mol. The van der Waals surface area contributed by atoms with Crippen molar-refractivity contribution in [3.8, 4) is 11.8 Å². The number of rotatable bonds is 3. The van der Waals surface area contributed by atoms with E-state index in [0.717, 1.165) is 42.6 Å². The van der Waals surface area contributed by atoms with E-state index in [9.17, 15) is 10.1 Å². The van der Waals surface area contributed by atoms with Crippen LogP contribution in [0, 0.1) is 18.3 Å². The van der Waals surface area contributed by atoms with Crippen molar-refractivity contribution < 1.29 is 9.53 Å². The van der Waals surface area contributed by atoms with E-state index >= 15 is 0 Å². The molecule has 1 N–H and O–H groups in total. The number of fused-ring (bicyclic) bond motifs is 1. The summed E-state index contributed by atoms with van der Waals surface area (Å²) in [4.78, 5) is 14.7. The van der Waals surface area contributed by atoms with Crippen molar-refractivity contribution in [3.63, 3.8) is 0 Å². The Balaban J connectivity index is 1.54. The number of hydrogen-bond acceptors (Lipinski definition) is 4. The van der Waals surface area contributed by atoms with Crippen LogP contribution in [0.5, 0.6) is 5.75 Å². The molecule has 2 aromatic carbocycles. The lowest BCUT2D eigenvalue weighted by atomic mass is 9.74. The van der Waals surface area contributed by atoms with E-state index in [4.69, 9.17) is 16.3 Å². The van der Waals surface area contributed by atoms with Gasteiger partial charge in [-0.2, -0.15) is 5.26 Å². The Bertz CT molecular complexity index is 960. The molecule has 1 saturated heterocycles. The molecule has 5 nitrogen and oxygen atoms in total. The minimum absolute atomic E-state index is 0.146. The zero-order valence-electron chi connectivity index (χ0n) is 16.5. The summed E-state index contributed by atoms with van der Waals surface area (Å²) in [5, 5.41) is 13.3. The van der Waals surface area contributed by atoms with Gasteiger partial charge in [0, 0.05) is 19.6 Å². The Labute approximate surface area is 176 Å². The van der Waals surface area contributed by atoms with Crippen LogP contribution in [0.3, 0.4) is 0 Å². The number of nitriles is 1. The maximum Gasteiger partial charge on any atom is 0.255 e. The maximum absolute atomic E-state index is 12.4. The zero-order chi connectivity index (χ0) is 20.4.